The molecule has 30 heavy (non-hydrogen) atoms. The van der Waals surface area contributed by atoms with E-state index in [1.165, 1.54) is 6.07 Å². The fourth-order valence-electron chi connectivity index (χ4n) is 3.39. The summed E-state index contributed by atoms with van der Waals surface area (Å²) >= 11 is 6.98. The first-order valence-corrected chi connectivity index (χ1v) is 12.2. The Bertz CT molecular complexity index is 1150. The Morgan fingerprint density at radius 2 is 1.53 bits per heavy atom. The molecule has 2 heterocycles. The van der Waals surface area contributed by atoms with Crippen LogP contribution in [-0.4, -0.2) is 45.4 Å². The highest BCUT2D eigenvalue weighted by atomic mass is 35.5. The SMILES string of the molecule is Cc1ccc(S(=O)(=O)c2ccc(C(=O)N3CCN(c4ccc(Cl)cc4)CC3)s2)cc1. The third kappa shape index (κ3) is 4.24. The van der Waals surface area contributed by atoms with Crippen LogP contribution in [0.4, 0.5) is 5.69 Å². The Labute approximate surface area is 185 Å². The van der Waals surface area contributed by atoms with Crippen LogP contribution in [0.25, 0.3) is 0 Å². The van der Waals surface area contributed by atoms with Crippen molar-refractivity contribution in [1.29, 1.82) is 0 Å². The van der Waals surface area contributed by atoms with Gasteiger partial charge in [-0.3, -0.25) is 4.79 Å². The standard InChI is InChI=1S/C22H21ClN2O3S2/c1-16-2-8-19(9-3-16)30(27,28)21-11-10-20(29-21)22(26)25-14-12-24(13-15-25)18-6-4-17(23)5-7-18/h2-11H,12-15H2,1H3. The monoisotopic (exact) mass is 460 g/mol. The molecule has 0 atom stereocenters. The molecule has 1 aliphatic rings. The number of halogens is 1. The number of anilines is 1. The van der Waals surface area contributed by atoms with Crippen LogP contribution in [0.3, 0.4) is 0 Å². The Balaban J connectivity index is 1.44. The summed E-state index contributed by atoms with van der Waals surface area (Å²) < 4.78 is 25.9. The molecule has 5 nitrogen and oxygen atoms in total. The molecular weight excluding hydrogens is 440 g/mol. The van der Waals surface area contributed by atoms with Crippen LogP contribution in [0.1, 0.15) is 15.2 Å². The molecule has 1 saturated heterocycles. The van der Waals surface area contributed by atoms with Gasteiger partial charge in [0, 0.05) is 36.9 Å². The minimum Gasteiger partial charge on any atom is -0.368 e. The van der Waals surface area contributed by atoms with Gasteiger partial charge in [-0.2, -0.15) is 0 Å². The van der Waals surface area contributed by atoms with Crippen molar-refractivity contribution in [2.24, 2.45) is 0 Å². The topological polar surface area (TPSA) is 57.7 Å². The highest BCUT2D eigenvalue weighted by Crippen LogP contribution is 2.29. The summed E-state index contributed by atoms with van der Waals surface area (Å²) in [4.78, 5) is 17.6. The van der Waals surface area contributed by atoms with Gasteiger partial charge in [0.15, 0.2) is 0 Å². The Morgan fingerprint density at radius 3 is 2.17 bits per heavy atom. The maximum Gasteiger partial charge on any atom is 0.264 e. The van der Waals surface area contributed by atoms with Crippen molar-refractivity contribution in [1.82, 2.24) is 4.90 Å². The molecule has 3 aromatic rings. The lowest BCUT2D eigenvalue weighted by atomic mass is 10.2. The maximum atomic E-state index is 12.9. The number of sulfone groups is 1. The molecule has 2 aromatic carbocycles. The average molecular weight is 461 g/mol. The highest BCUT2D eigenvalue weighted by molar-refractivity contribution is 7.93. The summed E-state index contributed by atoms with van der Waals surface area (Å²) in [6, 6.07) is 17.5. The first-order valence-electron chi connectivity index (χ1n) is 9.56. The lowest BCUT2D eigenvalue weighted by Gasteiger charge is -2.36. The lowest BCUT2D eigenvalue weighted by molar-refractivity contribution is 0.0751. The zero-order valence-electron chi connectivity index (χ0n) is 16.4. The van der Waals surface area contributed by atoms with Crippen LogP contribution in [0, 0.1) is 6.92 Å². The minimum absolute atomic E-state index is 0.124. The second-order valence-electron chi connectivity index (χ2n) is 7.19. The summed E-state index contributed by atoms with van der Waals surface area (Å²) in [5, 5.41) is 0.696. The molecule has 1 amide bonds. The van der Waals surface area contributed by atoms with Gasteiger partial charge in [-0.05, 0) is 55.5 Å². The van der Waals surface area contributed by atoms with Gasteiger partial charge in [0.1, 0.15) is 4.21 Å². The van der Waals surface area contributed by atoms with E-state index in [4.69, 9.17) is 11.6 Å². The first kappa shape index (κ1) is 20.9. The van der Waals surface area contributed by atoms with Crippen molar-refractivity contribution < 1.29 is 13.2 Å². The lowest BCUT2D eigenvalue weighted by Crippen LogP contribution is -2.48. The van der Waals surface area contributed by atoms with Crippen molar-refractivity contribution >= 4 is 44.4 Å². The van der Waals surface area contributed by atoms with Crippen molar-refractivity contribution in [3.05, 3.63) is 76.1 Å². The number of nitrogens with zero attached hydrogens (tertiary/aromatic N) is 2. The van der Waals surface area contributed by atoms with Crippen molar-refractivity contribution in [3.63, 3.8) is 0 Å². The van der Waals surface area contributed by atoms with E-state index in [1.807, 2.05) is 31.2 Å². The molecule has 0 radical (unpaired) electrons. The van der Waals surface area contributed by atoms with E-state index in [1.54, 1.807) is 35.2 Å². The van der Waals surface area contributed by atoms with Crippen molar-refractivity contribution in [2.75, 3.05) is 31.1 Å². The molecular formula is C22H21ClN2O3S2. The van der Waals surface area contributed by atoms with Gasteiger partial charge in [-0.25, -0.2) is 8.42 Å². The zero-order valence-corrected chi connectivity index (χ0v) is 18.8. The van der Waals surface area contributed by atoms with Crippen molar-refractivity contribution in [3.8, 4) is 0 Å². The number of benzene rings is 2. The van der Waals surface area contributed by atoms with Crippen LogP contribution in [0.2, 0.25) is 5.02 Å². The number of hydrogen-bond donors (Lipinski definition) is 0. The van der Waals surface area contributed by atoms with Gasteiger partial charge in [0.25, 0.3) is 5.91 Å². The molecule has 0 N–H and O–H groups in total. The quantitative estimate of drug-likeness (QED) is 0.575. The van der Waals surface area contributed by atoms with E-state index in [0.717, 1.165) is 22.6 Å². The number of piperazine rings is 1. The fourth-order valence-corrected chi connectivity index (χ4v) is 6.19. The van der Waals surface area contributed by atoms with Crippen LogP contribution in [-0.2, 0) is 9.84 Å². The molecule has 0 saturated carbocycles. The molecule has 1 aliphatic heterocycles. The van der Waals surface area contributed by atoms with E-state index >= 15 is 0 Å². The van der Waals surface area contributed by atoms with Crippen LogP contribution >= 0.6 is 22.9 Å². The smallest absolute Gasteiger partial charge is 0.264 e. The third-order valence-corrected chi connectivity index (χ3v) is 8.73. The predicted octanol–water partition coefficient (Wildman–Crippen LogP) is 4.51. The van der Waals surface area contributed by atoms with Crippen LogP contribution in [0.5, 0.6) is 0 Å². The number of rotatable bonds is 4. The average Bonchev–Trinajstić information content (AvgIpc) is 3.25. The van der Waals surface area contributed by atoms with Gasteiger partial charge in [-0.15, -0.1) is 11.3 Å². The molecule has 1 fully saturated rings. The van der Waals surface area contributed by atoms with Gasteiger partial charge < -0.3 is 9.80 Å². The Kier molecular flexibility index (Phi) is 5.86. The first-order chi connectivity index (χ1) is 14.3. The van der Waals surface area contributed by atoms with E-state index in [-0.39, 0.29) is 15.0 Å². The summed E-state index contributed by atoms with van der Waals surface area (Å²) in [6.45, 7) is 4.50. The number of carbonyl (C=O) groups excluding carboxylic acids is 1. The van der Waals surface area contributed by atoms with Crippen molar-refractivity contribution in [2.45, 2.75) is 16.0 Å². The fraction of sp³-hybridized carbons (Fsp3) is 0.227. The van der Waals surface area contributed by atoms with E-state index < -0.39 is 9.84 Å². The summed E-state index contributed by atoms with van der Waals surface area (Å²) in [7, 11) is -3.62. The molecule has 8 heteroatoms. The number of amides is 1. The second kappa shape index (κ2) is 8.41. The van der Waals surface area contributed by atoms with Gasteiger partial charge >= 0.3 is 0 Å². The molecule has 0 aliphatic carbocycles. The second-order valence-corrected chi connectivity index (χ2v) is 10.9. The van der Waals surface area contributed by atoms with E-state index in [0.29, 0.717) is 36.1 Å². The highest BCUT2D eigenvalue weighted by Gasteiger charge is 2.26. The summed E-state index contributed by atoms with van der Waals surface area (Å²) in [5.74, 6) is -0.124. The van der Waals surface area contributed by atoms with Gasteiger partial charge in [-0.1, -0.05) is 29.3 Å². The van der Waals surface area contributed by atoms with Crippen LogP contribution < -0.4 is 4.90 Å². The largest absolute Gasteiger partial charge is 0.368 e. The normalized spacial score (nSPS) is 14.7. The molecule has 4 rings (SSSR count). The number of thiophene rings is 1. The van der Waals surface area contributed by atoms with E-state index in [9.17, 15) is 13.2 Å². The number of carbonyl (C=O) groups is 1. The molecule has 156 valence electrons. The molecule has 0 spiro atoms. The number of aryl methyl sites for hydroxylation is 1. The third-order valence-electron chi connectivity index (χ3n) is 5.15. The van der Waals surface area contributed by atoms with Gasteiger partial charge in [0.05, 0.1) is 9.77 Å². The van der Waals surface area contributed by atoms with E-state index in [2.05, 4.69) is 4.90 Å². The van der Waals surface area contributed by atoms with Crippen LogP contribution in [0.15, 0.2) is 69.8 Å². The summed E-state index contributed by atoms with van der Waals surface area (Å²) in [5.41, 5.74) is 2.07. The Hall–Kier alpha value is -2.35. The number of hydrogen-bond acceptors (Lipinski definition) is 5. The maximum absolute atomic E-state index is 12.9. The molecule has 0 bridgehead atoms. The predicted molar refractivity (Wildman–Crippen MR) is 121 cm³/mol. The Morgan fingerprint density at radius 1 is 0.900 bits per heavy atom. The minimum atomic E-state index is -3.62. The molecule has 0 unspecified atom stereocenters. The molecule has 1 aromatic heterocycles. The zero-order chi connectivity index (χ0) is 21.3. The van der Waals surface area contributed by atoms with Gasteiger partial charge in [0.2, 0.25) is 9.84 Å². The summed E-state index contributed by atoms with van der Waals surface area (Å²) in [6.07, 6.45) is 0.